The van der Waals surface area contributed by atoms with E-state index in [1.807, 2.05) is 12.1 Å². The van der Waals surface area contributed by atoms with E-state index in [2.05, 4.69) is 26.1 Å². The van der Waals surface area contributed by atoms with Crippen LogP contribution in [-0.4, -0.2) is 25.3 Å². The van der Waals surface area contributed by atoms with Crippen molar-refractivity contribution in [1.29, 1.82) is 0 Å². The number of rotatable bonds is 6. The van der Waals surface area contributed by atoms with Crippen molar-refractivity contribution in [3.63, 3.8) is 0 Å². The molecule has 0 atom stereocenters. The fraction of sp³-hybridized carbons (Fsp3) is 0.500. The molecule has 0 saturated carbocycles. The van der Waals surface area contributed by atoms with Crippen LogP contribution in [0, 0.1) is 5.82 Å². The summed E-state index contributed by atoms with van der Waals surface area (Å²) in [6.45, 7) is 6.46. The molecule has 0 unspecified atom stereocenters. The van der Waals surface area contributed by atoms with Gasteiger partial charge in [-0.05, 0) is 38.1 Å². The third-order valence-corrected chi connectivity index (χ3v) is 2.22. The van der Waals surface area contributed by atoms with E-state index in [1.165, 1.54) is 12.1 Å². The molecule has 15 heavy (non-hydrogen) atoms. The first-order chi connectivity index (χ1) is 7.26. The van der Waals surface area contributed by atoms with E-state index in [4.69, 9.17) is 0 Å². The molecular weight excluding hydrogens is 188 g/mol. The van der Waals surface area contributed by atoms with Gasteiger partial charge in [-0.25, -0.2) is 4.39 Å². The average molecular weight is 206 g/mol. The fourth-order valence-electron chi connectivity index (χ4n) is 1.57. The van der Waals surface area contributed by atoms with Crippen LogP contribution >= 0.6 is 0 Å². The van der Waals surface area contributed by atoms with Gasteiger partial charge in [0.1, 0.15) is 5.82 Å². The molecule has 1 nitrogen and oxygen atoms in total. The lowest BCUT2D eigenvalue weighted by Crippen LogP contribution is -2.37. The van der Waals surface area contributed by atoms with Gasteiger partial charge >= 0.3 is 0 Å². The minimum absolute atomic E-state index is 0.176. The molecule has 1 rings (SSSR count). The fourth-order valence-corrected chi connectivity index (χ4v) is 1.57. The van der Waals surface area contributed by atoms with Gasteiger partial charge in [-0.1, -0.05) is 31.4 Å². The highest BCUT2D eigenvalue weighted by Gasteiger charge is 2.05. The summed E-state index contributed by atoms with van der Waals surface area (Å²) in [4.78, 5) is 2.28. The highest BCUT2D eigenvalue weighted by molar-refractivity contribution is 6.50. The predicted octanol–water partition coefficient (Wildman–Crippen LogP) is 2.19. The van der Waals surface area contributed by atoms with Crippen LogP contribution in [0.4, 0.5) is 4.39 Å². The molecule has 1 aromatic rings. The molecule has 0 aliphatic rings. The van der Waals surface area contributed by atoms with Crippen molar-refractivity contribution in [3.05, 3.63) is 30.1 Å². The van der Waals surface area contributed by atoms with E-state index in [-0.39, 0.29) is 5.82 Å². The third kappa shape index (κ3) is 4.47. The van der Waals surface area contributed by atoms with Crippen molar-refractivity contribution in [2.45, 2.75) is 26.7 Å². The van der Waals surface area contributed by atoms with E-state index >= 15 is 0 Å². The Kier molecular flexibility index (Phi) is 5.40. The van der Waals surface area contributed by atoms with Crippen molar-refractivity contribution in [2.75, 3.05) is 13.1 Å². The zero-order chi connectivity index (χ0) is 11.1. The summed E-state index contributed by atoms with van der Waals surface area (Å²) in [6, 6.07) is 6.63. The molecule has 81 valence electrons. The Labute approximate surface area is 92.6 Å². The molecule has 0 spiro atoms. The molecule has 0 N–H and O–H groups in total. The molecule has 0 heterocycles. The summed E-state index contributed by atoms with van der Waals surface area (Å²) in [5, 5.41) is 0. The summed E-state index contributed by atoms with van der Waals surface area (Å²) < 4.78 is 12.7. The van der Waals surface area contributed by atoms with Crippen LogP contribution in [0.15, 0.2) is 24.3 Å². The van der Waals surface area contributed by atoms with Gasteiger partial charge in [-0.3, -0.25) is 0 Å². The van der Waals surface area contributed by atoms with E-state index in [0.717, 1.165) is 31.4 Å². The first kappa shape index (κ1) is 12.2. The van der Waals surface area contributed by atoms with E-state index in [0.29, 0.717) is 0 Å². The van der Waals surface area contributed by atoms with Gasteiger partial charge in [-0.2, -0.15) is 0 Å². The maximum atomic E-state index is 12.7. The van der Waals surface area contributed by atoms with Gasteiger partial charge in [-0.15, -0.1) is 0 Å². The lowest BCUT2D eigenvalue weighted by atomic mass is 9.80. The average Bonchev–Trinajstić information content (AvgIpc) is 2.22. The van der Waals surface area contributed by atoms with Crippen LogP contribution in [0.1, 0.15) is 26.7 Å². The van der Waals surface area contributed by atoms with Crippen molar-refractivity contribution in [3.8, 4) is 0 Å². The van der Waals surface area contributed by atoms with Crippen molar-refractivity contribution in [1.82, 2.24) is 4.81 Å². The summed E-state index contributed by atoms with van der Waals surface area (Å²) >= 11 is 0. The topological polar surface area (TPSA) is 3.24 Å². The van der Waals surface area contributed by atoms with Gasteiger partial charge in [0.2, 0.25) is 7.41 Å². The molecule has 0 saturated heterocycles. The third-order valence-electron chi connectivity index (χ3n) is 2.22. The SMILES string of the molecule is CCCN([B]c1ccc(F)cc1)CCC. The van der Waals surface area contributed by atoms with Crippen LogP contribution in [-0.2, 0) is 0 Å². The molecule has 0 aliphatic heterocycles. The van der Waals surface area contributed by atoms with E-state index in [9.17, 15) is 4.39 Å². The molecule has 3 heteroatoms. The second kappa shape index (κ2) is 6.62. The smallest absolute Gasteiger partial charge is 0.247 e. The normalized spacial score (nSPS) is 10.7. The van der Waals surface area contributed by atoms with Gasteiger partial charge in [0.25, 0.3) is 0 Å². The van der Waals surface area contributed by atoms with E-state index in [1.54, 1.807) is 0 Å². The van der Waals surface area contributed by atoms with Crippen LogP contribution in [0.3, 0.4) is 0 Å². The Morgan fingerprint density at radius 2 is 1.60 bits per heavy atom. The van der Waals surface area contributed by atoms with E-state index < -0.39 is 0 Å². The van der Waals surface area contributed by atoms with Crippen molar-refractivity contribution in [2.24, 2.45) is 0 Å². The summed E-state index contributed by atoms with van der Waals surface area (Å²) in [5.74, 6) is -0.176. The number of halogens is 1. The Bertz CT molecular complexity index is 267. The molecule has 1 radical (unpaired) electrons. The summed E-state index contributed by atoms with van der Waals surface area (Å²) in [5.41, 5.74) is 1.07. The number of hydrogen-bond acceptors (Lipinski definition) is 1. The van der Waals surface area contributed by atoms with Gasteiger partial charge in [0, 0.05) is 0 Å². The van der Waals surface area contributed by atoms with Crippen molar-refractivity contribution < 1.29 is 4.39 Å². The van der Waals surface area contributed by atoms with Crippen LogP contribution < -0.4 is 5.46 Å². The number of benzene rings is 1. The maximum absolute atomic E-state index is 12.7. The summed E-state index contributed by atoms with van der Waals surface area (Å²) in [6.07, 6.45) is 2.27. The largest absolute Gasteiger partial charge is 0.342 e. The number of hydrogen-bond donors (Lipinski definition) is 0. The Morgan fingerprint density at radius 1 is 1.07 bits per heavy atom. The standard InChI is InChI=1S/C12H18BFN/c1-3-9-15(10-4-2)13-11-5-7-12(14)8-6-11/h5-8H,3-4,9-10H2,1-2H3. The second-order valence-electron chi connectivity index (χ2n) is 3.72. The lowest BCUT2D eigenvalue weighted by Gasteiger charge is -2.19. The Morgan fingerprint density at radius 3 is 2.07 bits per heavy atom. The minimum Gasteiger partial charge on any atom is -0.342 e. The molecule has 0 aromatic heterocycles. The quantitative estimate of drug-likeness (QED) is 0.645. The zero-order valence-electron chi connectivity index (χ0n) is 9.54. The zero-order valence-corrected chi connectivity index (χ0v) is 9.54. The highest BCUT2D eigenvalue weighted by Crippen LogP contribution is 1.95. The first-order valence-electron chi connectivity index (χ1n) is 5.60. The monoisotopic (exact) mass is 206 g/mol. The second-order valence-corrected chi connectivity index (χ2v) is 3.72. The van der Waals surface area contributed by atoms with Gasteiger partial charge < -0.3 is 4.81 Å². The highest BCUT2D eigenvalue weighted by atomic mass is 19.1. The molecule has 0 amide bonds. The molecular formula is C12H18BFN. The Hall–Kier alpha value is -0.825. The molecule has 0 aliphatic carbocycles. The van der Waals surface area contributed by atoms with Crippen LogP contribution in [0.25, 0.3) is 0 Å². The maximum Gasteiger partial charge on any atom is 0.247 e. The van der Waals surface area contributed by atoms with Crippen LogP contribution in [0.5, 0.6) is 0 Å². The molecule has 0 bridgehead atoms. The Balaban J connectivity index is 2.53. The van der Waals surface area contributed by atoms with Crippen molar-refractivity contribution >= 4 is 12.9 Å². The number of nitrogens with zero attached hydrogens (tertiary/aromatic N) is 1. The molecule has 0 fully saturated rings. The predicted molar refractivity (Wildman–Crippen MR) is 63.9 cm³/mol. The van der Waals surface area contributed by atoms with Gasteiger partial charge in [0.15, 0.2) is 0 Å². The molecule has 1 aromatic carbocycles. The lowest BCUT2D eigenvalue weighted by molar-refractivity contribution is 0.445. The summed E-state index contributed by atoms with van der Waals surface area (Å²) in [7, 11) is 2.10. The van der Waals surface area contributed by atoms with Crippen LogP contribution in [0.2, 0.25) is 0 Å². The first-order valence-corrected chi connectivity index (χ1v) is 5.60. The minimum atomic E-state index is -0.176. The van der Waals surface area contributed by atoms with Gasteiger partial charge in [0.05, 0.1) is 0 Å².